The molecular formula is C17H9Cl3N2O2. The number of Topliss-reactive ketones (excluding diaryl/α,β-unsaturated/α-hetero) is 1. The molecule has 1 aromatic heterocycles. The van der Waals surface area contributed by atoms with Gasteiger partial charge in [0.1, 0.15) is 0 Å². The molecule has 0 N–H and O–H groups in total. The van der Waals surface area contributed by atoms with E-state index in [2.05, 4.69) is 9.98 Å². The highest BCUT2D eigenvalue weighted by atomic mass is 35.5. The fourth-order valence-corrected chi connectivity index (χ4v) is 2.91. The van der Waals surface area contributed by atoms with E-state index in [9.17, 15) is 9.59 Å². The van der Waals surface area contributed by atoms with E-state index < -0.39 is 10.8 Å². The van der Waals surface area contributed by atoms with Crippen LogP contribution in [-0.4, -0.2) is 22.2 Å². The van der Waals surface area contributed by atoms with Crippen molar-refractivity contribution in [1.29, 1.82) is 0 Å². The van der Waals surface area contributed by atoms with Gasteiger partial charge in [0, 0.05) is 18.0 Å². The molecule has 0 amide bonds. The molecule has 2 aromatic rings. The van der Waals surface area contributed by atoms with Crippen molar-refractivity contribution in [1.82, 2.24) is 4.98 Å². The molecule has 1 unspecified atom stereocenters. The van der Waals surface area contributed by atoms with Crippen LogP contribution in [0.5, 0.6) is 0 Å². The number of carbonyl (C=O) groups excluding carboxylic acids is 2. The number of hydrogen-bond acceptors (Lipinski definition) is 4. The van der Waals surface area contributed by atoms with Gasteiger partial charge in [0.05, 0.1) is 21.3 Å². The molecule has 2 heterocycles. The normalized spacial score (nSPS) is 18.8. The molecule has 120 valence electrons. The first-order valence-corrected chi connectivity index (χ1v) is 7.97. The van der Waals surface area contributed by atoms with Gasteiger partial charge in [0.25, 0.3) is 5.24 Å². The molecule has 0 saturated carbocycles. The summed E-state index contributed by atoms with van der Waals surface area (Å²) in [6, 6.07) is 7.85. The second kappa shape index (κ2) is 6.48. The first-order chi connectivity index (χ1) is 11.5. The number of hydrogen-bond donors (Lipinski definition) is 0. The molecule has 1 aliphatic heterocycles. The molecule has 1 atom stereocenters. The van der Waals surface area contributed by atoms with Crippen molar-refractivity contribution in [2.75, 3.05) is 0 Å². The zero-order valence-electron chi connectivity index (χ0n) is 12.0. The Balaban J connectivity index is 2.11. The Morgan fingerprint density at radius 1 is 1.08 bits per heavy atom. The lowest BCUT2D eigenvalue weighted by molar-refractivity contribution is 0.0921. The van der Waals surface area contributed by atoms with E-state index in [1.54, 1.807) is 36.4 Å². The summed E-state index contributed by atoms with van der Waals surface area (Å²) in [7, 11) is 0. The Bertz CT molecular complexity index is 877. The maximum atomic E-state index is 13.1. The Kier molecular flexibility index (Phi) is 4.54. The molecule has 0 saturated heterocycles. The zero-order valence-corrected chi connectivity index (χ0v) is 14.3. The highest BCUT2D eigenvalue weighted by Gasteiger charge is 2.41. The van der Waals surface area contributed by atoms with Gasteiger partial charge in [-0.1, -0.05) is 29.3 Å². The standard InChI is InChI=1S/C17H9Cl3N2O2/c18-12-4-1-3-11(14(12)19)15(23)17(7-2-8-22-17)13-6-5-10(9-21-13)16(20)24/h1-9H. The van der Waals surface area contributed by atoms with E-state index in [1.165, 1.54) is 18.5 Å². The van der Waals surface area contributed by atoms with Crippen LogP contribution in [0.1, 0.15) is 26.4 Å². The van der Waals surface area contributed by atoms with Crippen LogP contribution in [0.2, 0.25) is 10.0 Å². The van der Waals surface area contributed by atoms with Crippen LogP contribution in [0.4, 0.5) is 0 Å². The van der Waals surface area contributed by atoms with Crippen molar-refractivity contribution in [3.05, 3.63) is 75.5 Å². The maximum absolute atomic E-state index is 13.1. The van der Waals surface area contributed by atoms with Crippen LogP contribution in [0.3, 0.4) is 0 Å². The van der Waals surface area contributed by atoms with E-state index in [-0.39, 0.29) is 27.0 Å². The number of ketones is 1. The van der Waals surface area contributed by atoms with Gasteiger partial charge in [0.2, 0.25) is 5.78 Å². The minimum Gasteiger partial charge on any atom is -0.291 e. The summed E-state index contributed by atoms with van der Waals surface area (Å²) in [5, 5.41) is -0.191. The second-order valence-corrected chi connectivity index (χ2v) is 6.17. The van der Waals surface area contributed by atoms with Gasteiger partial charge in [-0.3, -0.25) is 19.6 Å². The Labute approximate surface area is 152 Å². The third-order valence-corrected chi connectivity index (χ3v) is 4.66. The lowest BCUT2D eigenvalue weighted by Gasteiger charge is -2.23. The van der Waals surface area contributed by atoms with Gasteiger partial charge in [0.15, 0.2) is 5.54 Å². The van der Waals surface area contributed by atoms with E-state index in [4.69, 9.17) is 34.8 Å². The van der Waals surface area contributed by atoms with Crippen LogP contribution >= 0.6 is 34.8 Å². The summed E-state index contributed by atoms with van der Waals surface area (Å²) in [6.45, 7) is 0. The lowest BCUT2D eigenvalue weighted by Crippen LogP contribution is -2.32. The second-order valence-electron chi connectivity index (χ2n) is 5.04. The average Bonchev–Trinajstić information content (AvgIpc) is 3.08. The predicted molar refractivity (Wildman–Crippen MR) is 94.5 cm³/mol. The number of rotatable bonds is 4. The van der Waals surface area contributed by atoms with E-state index in [0.717, 1.165) is 0 Å². The summed E-state index contributed by atoms with van der Waals surface area (Å²) in [6.07, 6.45) is 6.09. The molecule has 0 fully saturated rings. The smallest absolute Gasteiger partial charge is 0.253 e. The topological polar surface area (TPSA) is 59.4 Å². The van der Waals surface area contributed by atoms with Crippen molar-refractivity contribution in [2.45, 2.75) is 5.54 Å². The van der Waals surface area contributed by atoms with Crippen LogP contribution in [-0.2, 0) is 5.54 Å². The Morgan fingerprint density at radius 3 is 2.46 bits per heavy atom. The highest BCUT2D eigenvalue weighted by Crippen LogP contribution is 2.36. The summed E-state index contributed by atoms with van der Waals surface area (Å²) in [5.41, 5.74) is -0.514. The van der Waals surface area contributed by atoms with E-state index in [1.807, 2.05) is 0 Å². The van der Waals surface area contributed by atoms with Crippen molar-refractivity contribution in [3.8, 4) is 0 Å². The molecule has 0 bridgehead atoms. The van der Waals surface area contributed by atoms with Crippen LogP contribution in [0, 0.1) is 0 Å². The van der Waals surface area contributed by atoms with Crippen LogP contribution < -0.4 is 0 Å². The van der Waals surface area contributed by atoms with E-state index >= 15 is 0 Å². The number of aliphatic imine (C=N–C) groups is 1. The predicted octanol–water partition coefficient (Wildman–Crippen LogP) is 4.49. The quantitative estimate of drug-likeness (QED) is 0.581. The molecule has 24 heavy (non-hydrogen) atoms. The number of carbonyl (C=O) groups is 2. The average molecular weight is 380 g/mol. The summed E-state index contributed by atoms with van der Waals surface area (Å²) < 4.78 is 0. The molecule has 7 heteroatoms. The number of halogens is 3. The van der Waals surface area contributed by atoms with Crippen LogP contribution in [0.25, 0.3) is 0 Å². The molecule has 0 aliphatic carbocycles. The third kappa shape index (κ3) is 2.77. The number of pyridine rings is 1. The SMILES string of the molecule is O=C(Cl)c1ccc(C2(C(=O)c3cccc(Cl)c3Cl)C=CC=N2)nc1. The summed E-state index contributed by atoms with van der Waals surface area (Å²) >= 11 is 17.6. The molecule has 1 aromatic carbocycles. The van der Waals surface area contributed by atoms with Gasteiger partial charge in [-0.25, -0.2) is 0 Å². The van der Waals surface area contributed by atoms with Gasteiger partial charge < -0.3 is 0 Å². The lowest BCUT2D eigenvalue weighted by atomic mass is 9.86. The van der Waals surface area contributed by atoms with Gasteiger partial charge in [-0.2, -0.15) is 0 Å². The monoisotopic (exact) mass is 378 g/mol. The Morgan fingerprint density at radius 2 is 1.88 bits per heavy atom. The van der Waals surface area contributed by atoms with Gasteiger partial charge in [-0.05, 0) is 48.0 Å². The first kappa shape index (κ1) is 16.8. The van der Waals surface area contributed by atoms with Crippen molar-refractivity contribution in [2.24, 2.45) is 4.99 Å². The molecular weight excluding hydrogens is 371 g/mol. The largest absolute Gasteiger partial charge is 0.291 e. The Hall–Kier alpha value is -2.01. The molecule has 0 radical (unpaired) electrons. The summed E-state index contributed by atoms with van der Waals surface area (Å²) in [5.74, 6) is -0.363. The van der Waals surface area contributed by atoms with Crippen molar-refractivity contribution < 1.29 is 9.59 Å². The third-order valence-electron chi connectivity index (χ3n) is 3.63. The zero-order chi connectivity index (χ0) is 17.3. The number of benzene rings is 1. The molecule has 0 spiro atoms. The minimum absolute atomic E-state index is 0.159. The van der Waals surface area contributed by atoms with Gasteiger partial charge >= 0.3 is 0 Å². The minimum atomic E-state index is -1.35. The number of allylic oxidation sites excluding steroid dienone is 1. The fraction of sp³-hybridized carbons (Fsp3) is 0.0588. The molecule has 4 nitrogen and oxygen atoms in total. The number of aromatic nitrogens is 1. The van der Waals surface area contributed by atoms with Crippen molar-refractivity contribution >= 4 is 52.0 Å². The van der Waals surface area contributed by atoms with Crippen molar-refractivity contribution in [3.63, 3.8) is 0 Å². The number of nitrogens with zero attached hydrogens (tertiary/aromatic N) is 2. The first-order valence-electron chi connectivity index (χ1n) is 6.84. The fourth-order valence-electron chi connectivity index (χ4n) is 2.41. The molecule has 3 rings (SSSR count). The van der Waals surface area contributed by atoms with Gasteiger partial charge in [-0.15, -0.1) is 0 Å². The van der Waals surface area contributed by atoms with Crippen LogP contribution in [0.15, 0.2) is 53.7 Å². The maximum Gasteiger partial charge on any atom is 0.253 e. The highest BCUT2D eigenvalue weighted by molar-refractivity contribution is 6.67. The molecule has 1 aliphatic rings. The summed E-state index contributed by atoms with van der Waals surface area (Å²) in [4.78, 5) is 32.8. The van der Waals surface area contributed by atoms with E-state index in [0.29, 0.717) is 5.69 Å².